The molecule has 12 heavy (non-hydrogen) atoms. The van der Waals surface area contributed by atoms with E-state index < -0.39 is 0 Å². The van der Waals surface area contributed by atoms with Crippen molar-refractivity contribution in [1.82, 2.24) is 15.1 Å². The van der Waals surface area contributed by atoms with Crippen LogP contribution >= 0.6 is 0 Å². The van der Waals surface area contributed by atoms with E-state index in [0.29, 0.717) is 6.17 Å². The molecular weight excluding hydrogens is 150 g/mol. The van der Waals surface area contributed by atoms with Gasteiger partial charge in [0.1, 0.15) is 0 Å². The van der Waals surface area contributed by atoms with Crippen LogP contribution in [0, 0.1) is 6.67 Å². The van der Waals surface area contributed by atoms with Crippen molar-refractivity contribution in [3.05, 3.63) is 6.67 Å². The topological polar surface area (TPSA) is 18.5 Å². The quantitative estimate of drug-likeness (QED) is 0.672. The van der Waals surface area contributed by atoms with Crippen molar-refractivity contribution in [2.45, 2.75) is 25.9 Å². The maximum atomic E-state index is 3.28. The molecular formula is C9H20N3. The van der Waals surface area contributed by atoms with Crippen LogP contribution in [0.25, 0.3) is 0 Å². The van der Waals surface area contributed by atoms with E-state index in [1.807, 2.05) is 0 Å². The predicted octanol–water partition coefficient (Wildman–Crippen LogP) is 0.699. The summed E-state index contributed by atoms with van der Waals surface area (Å²) in [6.45, 7) is 6.66. The lowest BCUT2D eigenvalue weighted by Gasteiger charge is -2.37. The third-order valence-electron chi connectivity index (χ3n) is 2.34. The van der Waals surface area contributed by atoms with E-state index in [2.05, 4.69) is 42.8 Å². The first-order chi connectivity index (χ1) is 5.75. The van der Waals surface area contributed by atoms with Gasteiger partial charge in [-0.25, -0.2) is 0 Å². The van der Waals surface area contributed by atoms with E-state index in [4.69, 9.17) is 0 Å². The average Bonchev–Trinajstić information content (AvgIpc) is 2.07. The van der Waals surface area contributed by atoms with Gasteiger partial charge in [0.05, 0.1) is 12.8 Å². The first-order valence-corrected chi connectivity index (χ1v) is 4.74. The predicted molar refractivity (Wildman–Crippen MR) is 51.4 cm³/mol. The lowest BCUT2D eigenvalue weighted by Crippen LogP contribution is -2.49. The van der Waals surface area contributed by atoms with Gasteiger partial charge in [0.2, 0.25) is 0 Å². The second-order valence-corrected chi connectivity index (χ2v) is 3.53. The molecule has 0 amide bonds. The summed E-state index contributed by atoms with van der Waals surface area (Å²) >= 11 is 0. The van der Waals surface area contributed by atoms with Crippen LogP contribution in [0.4, 0.5) is 0 Å². The summed E-state index contributed by atoms with van der Waals surface area (Å²) in [7, 11) is 4.27. The zero-order valence-electron chi connectivity index (χ0n) is 8.38. The van der Waals surface area contributed by atoms with Gasteiger partial charge in [-0.1, -0.05) is 6.92 Å². The standard InChI is InChI=1S/C9H20N3/c1-4-9(11(2)3)12-7-5-6-10-8-12/h8-10H,4-7H2,1-3H3. The van der Waals surface area contributed by atoms with E-state index in [1.54, 1.807) is 0 Å². The third kappa shape index (κ3) is 2.44. The van der Waals surface area contributed by atoms with Crippen LogP contribution in [0.1, 0.15) is 19.8 Å². The van der Waals surface area contributed by atoms with Crippen molar-refractivity contribution in [3.8, 4) is 0 Å². The first-order valence-electron chi connectivity index (χ1n) is 4.74. The molecule has 1 aliphatic heterocycles. The molecule has 1 atom stereocenters. The molecule has 1 unspecified atom stereocenters. The molecule has 71 valence electrons. The van der Waals surface area contributed by atoms with Gasteiger partial charge in [-0.3, -0.25) is 15.1 Å². The summed E-state index contributed by atoms with van der Waals surface area (Å²) in [5.41, 5.74) is 0. The molecule has 1 rings (SSSR count). The zero-order valence-corrected chi connectivity index (χ0v) is 8.38. The lowest BCUT2D eigenvalue weighted by atomic mass is 10.2. The highest BCUT2D eigenvalue weighted by Crippen LogP contribution is 2.10. The summed E-state index contributed by atoms with van der Waals surface area (Å²) in [5.74, 6) is 0. The Balaban J connectivity index is 2.40. The number of rotatable bonds is 3. The number of hydrogen-bond acceptors (Lipinski definition) is 3. The Kier molecular flexibility index (Phi) is 3.98. The Morgan fingerprint density at radius 2 is 2.33 bits per heavy atom. The fourth-order valence-electron chi connectivity index (χ4n) is 1.74. The summed E-state index contributed by atoms with van der Waals surface area (Å²) in [4.78, 5) is 4.65. The molecule has 0 aliphatic carbocycles. The van der Waals surface area contributed by atoms with Crippen molar-refractivity contribution in [2.75, 3.05) is 27.2 Å². The minimum atomic E-state index is 0.554. The Labute approximate surface area is 75.7 Å². The summed E-state index contributed by atoms with van der Waals surface area (Å²) in [5, 5.41) is 3.28. The molecule has 0 aromatic rings. The van der Waals surface area contributed by atoms with E-state index >= 15 is 0 Å². The van der Waals surface area contributed by atoms with Gasteiger partial charge in [0.15, 0.2) is 0 Å². The van der Waals surface area contributed by atoms with Gasteiger partial charge in [-0.05, 0) is 33.5 Å². The van der Waals surface area contributed by atoms with E-state index in [0.717, 1.165) is 6.54 Å². The Morgan fingerprint density at radius 1 is 1.58 bits per heavy atom. The maximum absolute atomic E-state index is 3.28. The minimum absolute atomic E-state index is 0.554. The summed E-state index contributed by atoms with van der Waals surface area (Å²) in [6, 6.07) is 0. The number of nitrogens with one attached hydrogen (secondary N) is 1. The molecule has 1 N–H and O–H groups in total. The zero-order chi connectivity index (χ0) is 8.97. The fraction of sp³-hybridized carbons (Fsp3) is 0.889. The van der Waals surface area contributed by atoms with Crippen LogP contribution in [0.5, 0.6) is 0 Å². The van der Waals surface area contributed by atoms with Gasteiger partial charge >= 0.3 is 0 Å². The lowest BCUT2D eigenvalue weighted by molar-refractivity contribution is 0.0827. The molecule has 1 aliphatic rings. The normalized spacial score (nSPS) is 23.0. The highest BCUT2D eigenvalue weighted by molar-refractivity contribution is 4.78. The molecule has 0 saturated carbocycles. The van der Waals surface area contributed by atoms with Gasteiger partial charge in [0, 0.05) is 6.54 Å². The van der Waals surface area contributed by atoms with Gasteiger partial charge < -0.3 is 0 Å². The molecule has 3 heteroatoms. The second-order valence-electron chi connectivity index (χ2n) is 3.53. The van der Waals surface area contributed by atoms with E-state index in [1.165, 1.54) is 19.4 Å². The highest BCUT2D eigenvalue weighted by Gasteiger charge is 2.20. The highest BCUT2D eigenvalue weighted by atomic mass is 15.4. The molecule has 1 heterocycles. The fourth-order valence-corrected chi connectivity index (χ4v) is 1.74. The van der Waals surface area contributed by atoms with Crippen molar-refractivity contribution in [1.29, 1.82) is 0 Å². The third-order valence-corrected chi connectivity index (χ3v) is 2.34. The Morgan fingerprint density at radius 3 is 2.75 bits per heavy atom. The van der Waals surface area contributed by atoms with Crippen LogP contribution in [0.15, 0.2) is 0 Å². The molecule has 0 aromatic carbocycles. The van der Waals surface area contributed by atoms with Crippen molar-refractivity contribution < 1.29 is 0 Å². The molecule has 0 aromatic heterocycles. The molecule has 1 radical (unpaired) electrons. The molecule has 1 fully saturated rings. The smallest absolute Gasteiger partial charge is 0.0906 e. The van der Waals surface area contributed by atoms with Crippen LogP contribution < -0.4 is 5.32 Å². The SMILES string of the molecule is CCC(N(C)C)N1[CH]NCCC1. The summed E-state index contributed by atoms with van der Waals surface area (Å²) in [6.07, 6.45) is 2.98. The van der Waals surface area contributed by atoms with Crippen LogP contribution in [0.2, 0.25) is 0 Å². The average molecular weight is 170 g/mol. The monoisotopic (exact) mass is 170 g/mol. The first kappa shape index (κ1) is 9.96. The molecule has 3 nitrogen and oxygen atoms in total. The Bertz CT molecular complexity index is 119. The van der Waals surface area contributed by atoms with Gasteiger partial charge in [-0.2, -0.15) is 0 Å². The van der Waals surface area contributed by atoms with Crippen molar-refractivity contribution in [2.24, 2.45) is 0 Å². The largest absolute Gasteiger partial charge is 0.299 e. The number of nitrogens with zero attached hydrogens (tertiary/aromatic N) is 2. The Hall–Kier alpha value is -0.120. The molecule has 0 spiro atoms. The van der Waals surface area contributed by atoms with Crippen LogP contribution in [-0.2, 0) is 0 Å². The van der Waals surface area contributed by atoms with Gasteiger partial charge in [0.25, 0.3) is 0 Å². The minimum Gasteiger partial charge on any atom is -0.299 e. The van der Waals surface area contributed by atoms with E-state index in [9.17, 15) is 0 Å². The maximum Gasteiger partial charge on any atom is 0.0906 e. The van der Waals surface area contributed by atoms with Crippen molar-refractivity contribution in [3.63, 3.8) is 0 Å². The molecule has 1 saturated heterocycles. The van der Waals surface area contributed by atoms with Crippen molar-refractivity contribution >= 4 is 0 Å². The van der Waals surface area contributed by atoms with Crippen LogP contribution in [0.3, 0.4) is 0 Å². The van der Waals surface area contributed by atoms with Gasteiger partial charge in [-0.15, -0.1) is 0 Å². The second kappa shape index (κ2) is 4.80. The van der Waals surface area contributed by atoms with E-state index in [-0.39, 0.29) is 0 Å². The van der Waals surface area contributed by atoms with Crippen LogP contribution in [-0.4, -0.2) is 43.2 Å². The molecule has 0 bridgehead atoms. The number of hydrogen-bond donors (Lipinski definition) is 1. The summed E-state index contributed by atoms with van der Waals surface area (Å²) < 4.78 is 0.